The molecule has 0 amide bonds. The maximum Gasteiger partial charge on any atom is 0.211 e. The van der Waals surface area contributed by atoms with Crippen LogP contribution in [0.5, 0.6) is 0 Å². The fraction of sp³-hybridized carbons (Fsp3) is 1.00. The zero-order valence-corrected chi connectivity index (χ0v) is 14.1. The van der Waals surface area contributed by atoms with Crippen LogP contribution in [0, 0.1) is 11.3 Å². The Bertz CT molecular complexity index is 382. The number of nitrogens with one attached hydrogen (secondary N) is 1. The van der Waals surface area contributed by atoms with Gasteiger partial charge in [-0.2, -0.15) is 0 Å². The zero-order chi connectivity index (χ0) is 15.2. The Balaban J connectivity index is 2.42. The van der Waals surface area contributed by atoms with Crippen LogP contribution in [0.15, 0.2) is 0 Å². The van der Waals surface area contributed by atoms with Crippen LogP contribution in [0.4, 0.5) is 0 Å². The minimum atomic E-state index is -3.04. The summed E-state index contributed by atoms with van der Waals surface area (Å²) in [6.45, 7) is 8.37. The molecule has 5 nitrogen and oxygen atoms in total. The Morgan fingerprint density at radius 1 is 1.40 bits per heavy atom. The quantitative estimate of drug-likeness (QED) is 0.687. The number of rotatable bonds is 8. The zero-order valence-electron chi connectivity index (χ0n) is 13.3. The molecule has 0 spiro atoms. The summed E-state index contributed by atoms with van der Waals surface area (Å²) in [5.41, 5.74) is 0.179. The van der Waals surface area contributed by atoms with E-state index in [4.69, 9.17) is 4.74 Å². The minimum Gasteiger partial charge on any atom is -0.383 e. The summed E-state index contributed by atoms with van der Waals surface area (Å²) < 4.78 is 29.9. The Hall–Kier alpha value is -0.170. The van der Waals surface area contributed by atoms with Gasteiger partial charge in [0.15, 0.2) is 0 Å². The van der Waals surface area contributed by atoms with Gasteiger partial charge in [0.2, 0.25) is 10.0 Å². The van der Waals surface area contributed by atoms with E-state index in [9.17, 15) is 8.42 Å². The van der Waals surface area contributed by atoms with E-state index in [1.807, 2.05) is 0 Å². The third-order valence-corrected chi connectivity index (χ3v) is 5.15. The highest BCUT2D eigenvalue weighted by Crippen LogP contribution is 2.30. The van der Waals surface area contributed by atoms with Crippen LogP contribution in [0.2, 0.25) is 0 Å². The van der Waals surface area contributed by atoms with Gasteiger partial charge < -0.3 is 10.1 Å². The predicted molar refractivity (Wildman–Crippen MR) is 82.3 cm³/mol. The maximum atomic E-state index is 11.6. The second-order valence-electron chi connectivity index (χ2n) is 6.67. The van der Waals surface area contributed by atoms with E-state index in [0.29, 0.717) is 19.0 Å². The van der Waals surface area contributed by atoms with E-state index in [1.54, 1.807) is 11.4 Å². The number of ether oxygens (including phenoxy) is 1. The summed E-state index contributed by atoms with van der Waals surface area (Å²) in [6.07, 6.45) is 4.48. The number of hydrogen-bond donors (Lipinski definition) is 1. The second-order valence-corrected chi connectivity index (χ2v) is 8.65. The molecule has 0 bridgehead atoms. The Morgan fingerprint density at radius 3 is 2.70 bits per heavy atom. The first-order chi connectivity index (χ1) is 9.24. The highest BCUT2D eigenvalue weighted by Gasteiger charge is 2.30. The Morgan fingerprint density at radius 2 is 2.10 bits per heavy atom. The van der Waals surface area contributed by atoms with Gasteiger partial charge >= 0.3 is 0 Å². The fourth-order valence-electron chi connectivity index (χ4n) is 2.95. The predicted octanol–water partition coefficient (Wildman–Crippen LogP) is 1.31. The van der Waals surface area contributed by atoms with Gasteiger partial charge in [0.25, 0.3) is 0 Å². The third kappa shape index (κ3) is 6.52. The molecule has 0 aromatic carbocycles. The first-order valence-corrected chi connectivity index (χ1v) is 9.24. The highest BCUT2D eigenvalue weighted by atomic mass is 32.2. The SMILES string of the molecule is COCCNCC(C)(C)CC1CCCN(S(C)(=O)=O)C1. The molecule has 1 aliphatic rings. The largest absolute Gasteiger partial charge is 0.383 e. The van der Waals surface area contributed by atoms with Crippen LogP contribution in [-0.4, -0.2) is 58.9 Å². The Labute approximate surface area is 124 Å². The van der Waals surface area contributed by atoms with Gasteiger partial charge in [-0.05, 0) is 30.6 Å². The third-order valence-electron chi connectivity index (χ3n) is 3.88. The number of piperidine rings is 1. The van der Waals surface area contributed by atoms with Crippen molar-refractivity contribution in [2.75, 3.05) is 46.2 Å². The van der Waals surface area contributed by atoms with Crippen LogP contribution in [0.1, 0.15) is 33.1 Å². The fourth-order valence-corrected chi connectivity index (χ4v) is 3.89. The first-order valence-electron chi connectivity index (χ1n) is 7.39. The highest BCUT2D eigenvalue weighted by molar-refractivity contribution is 7.88. The molecular weight excluding hydrogens is 276 g/mol. The lowest BCUT2D eigenvalue weighted by Gasteiger charge is -2.36. The molecule has 0 aromatic heterocycles. The van der Waals surface area contributed by atoms with Gasteiger partial charge in [0.1, 0.15) is 0 Å². The first kappa shape index (κ1) is 17.9. The van der Waals surface area contributed by atoms with Crippen molar-refractivity contribution in [2.45, 2.75) is 33.1 Å². The normalized spacial score (nSPS) is 22.1. The van der Waals surface area contributed by atoms with E-state index in [-0.39, 0.29) is 5.41 Å². The lowest BCUT2D eigenvalue weighted by Crippen LogP contribution is -2.41. The smallest absolute Gasteiger partial charge is 0.211 e. The number of nitrogens with zero attached hydrogens (tertiary/aromatic N) is 1. The molecule has 1 fully saturated rings. The summed E-state index contributed by atoms with van der Waals surface area (Å²) in [5, 5.41) is 3.40. The van der Waals surface area contributed by atoms with Crippen molar-refractivity contribution in [1.29, 1.82) is 0 Å². The van der Waals surface area contributed by atoms with Crippen LogP contribution >= 0.6 is 0 Å². The van der Waals surface area contributed by atoms with Gasteiger partial charge in [-0.3, -0.25) is 0 Å². The molecule has 0 aliphatic carbocycles. The monoisotopic (exact) mass is 306 g/mol. The molecule has 1 aliphatic heterocycles. The number of sulfonamides is 1. The molecule has 6 heteroatoms. The molecule has 1 N–H and O–H groups in total. The second kappa shape index (κ2) is 7.73. The summed E-state index contributed by atoms with van der Waals surface area (Å²) in [7, 11) is -1.33. The molecule has 120 valence electrons. The lowest BCUT2D eigenvalue weighted by molar-refractivity contribution is 0.172. The number of hydrogen-bond acceptors (Lipinski definition) is 4. The van der Waals surface area contributed by atoms with E-state index in [0.717, 1.165) is 39.0 Å². The molecule has 0 aromatic rings. The summed E-state index contributed by atoms with van der Waals surface area (Å²) in [4.78, 5) is 0. The van der Waals surface area contributed by atoms with Gasteiger partial charge in [0, 0.05) is 33.3 Å². The molecule has 1 saturated heterocycles. The van der Waals surface area contributed by atoms with E-state index in [1.165, 1.54) is 6.26 Å². The van der Waals surface area contributed by atoms with E-state index >= 15 is 0 Å². The van der Waals surface area contributed by atoms with Crippen molar-refractivity contribution in [3.63, 3.8) is 0 Å². The van der Waals surface area contributed by atoms with Crippen molar-refractivity contribution in [3.05, 3.63) is 0 Å². The molecule has 1 heterocycles. The standard InChI is InChI=1S/C14H30N2O3S/c1-14(2,12-15-7-9-19-3)10-13-6-5-8-16(11-13)20(4,17)18/h13,15H,5-12H2,1-4H3. The number of methoxy groups -OCH3 is 1. The van der Waals surface area contributed by atoms with E-state index in [2.05, 4.69) is 19.2 Å². The minimum absolute atomic E-state index is 0.179. The van der Waals surface area contributed by atoms with Crippen molar-refractivity contribution in [3.8, 4) is 0 Å². The van der Waals surface area contributed by atoms with Crippen molar-refractivity contribution in [1.82, 2.24) is 9.62 Å². The van der Waals surface area contributed by atoms with Crippen molar-refractivity contribution < 1.29 is 13.2 Å². The van der Waals surface area contributed by atoms with Crippen molar-refractivity contribution in [2.24, 2.45) is 11.3 Å². The molecule has 1 rings (SSSR count). The Kier molecular flexibility index (Phi) is 6.91. The van der Waals surface area contributed by atoms with Crippen molar-refractivity contribution >= 4 is 10.0 Å². The van der Waals surface area contributed by atoms with Crippen LogP contribution in [0.3, 0.4) is 0 Å². The molecule has 20 heavy (non-hydrogen) atoms. The van der Waals surface area contributed by atoms with Gasteiger partial charge in [-0.15, -0.1) is 0 Å². The van der Waals surface area contributed by atoms with Crippen LogP contribution in [-0.2, 0) is 14.8 Å². The summed E-state index contributed by atoms with van der Waals surface area (Å²) >= 11 is 0. The van der Waals surface area contributed by atoms with Gasteiger partial charge in [-0.1, -0.05) is 13.8 Å². The molecule has 1 unspecified atom stereocenters. The van der Waals surface area contributed by atoms with Crippen LogP contribution < -0.4 is 5.32 Å². The van der Waals surface area contributed by atoms with Gasteiger partial charge in [-0.25, -0.2) is 12.7 Å². The molecule has 0 radical (unpaired) electrons. The topological polar surface area (TPSA) is 58.6 Å². The average molecular weight is 306 g/mol. The molecule has 0 saturated carbocycles. The average Bonchev–Trinajstić information content (AvgIpc) is 2.33. The maximum absolute atomic E-state index is 11.6. The van der Waals surface area contributed by atoms with Crippen LogP contribution in [0.25, 0.3) is 0 Å². The van der Waals surface area contributed by atoms with Gasteiger partial charge in [0.05, 0.1) is 12.9 Å². The summed E-state index contributed by atoms with van der Waals surface area (Å²) in [6, 6.07) is 0. The molecular formula is C14H30N2O3S. The van der Waals surface area contributed by atoms with E-state index < -0.39 is 10.0 Å². The molecule has 1 atom stereocenters. The lowest BCUT2D eigenvalue weighted by atomic mass is 9.80. The summed E-state index contributed by atoms with van der Waals surface area (Å²) in [5.74, 6) is 0.470.